The summed E-state index contributed by atoms with van der Waals surface area (Å²) in [4.78, 5) is 17.6. The van der Waals surface area contributed by atoms with Crippen LogP contribution in [0.5, 0.6) is 0 Å². The second kappa shape index (κ2) is 10.2. The first-order valence-electron chi connectivity index (χ1n) is 9.86. The highest BCUT2D eigenvalue weighted by atomic mass is 32.1. The van der Waals surface area contributed by atoms with Crippen LogP contribution < -0.4 is 5.32 Å². The lowest BCUT2D eigenvalue weighted by Gasteiger charge is -2.19. The molecule has 0 saturated carbocycles. The van der Waals surface area contributed by atoms with Crippen LogP contribution in [-0.2, 0) is 14.3 Å². The van der Waals surface area contributed by atoms with E-state index in [0.29, 0.717) is 12.2 Å². The second-order valence-electron chi connectivity index (χ2n) is 7.20. The molecular weight excluding hydrogens is 410 g/mol. The third-order valence-electron chi connectivity index (χ3n) is 4.96. The molecule has 0 amide bonds. The van der Waals surface area contributed by atoms with Crippen molar-refractivity contribution in [1.82, 2.24) is 4.98 Å². The zero-order chi connectivity index (χ0) is 22.4. The molecule has 160 valence electrons. The molecule has 0 fully saturated rings. The predicted molar refractivity (Wildman–Crippen MR) is 123 cm³/mol. The Morgan fingerprint density at radius 1 is 1.19 bits per heavy atom. The molecule has 1 atom stereocenters. The molecule has 1 aromatic heterocycles. The second-order valence-corrected chi connectivity index (χ2v) is 8.40. The van der Waals surface area contributed by atoms with Gasteiger partial charge in [-0.1, -0.05) is 12.1 Å². The summed E-state index contributed by atoms with van der Waals surface area (Å²) < 4.78 is 10.2. The first kappa shape index (κ1) is 22.5. The van der Waals surface area contributed by atoms with Crippen LogP contribution in [0.15, 0.2) is 42.5 Å². The number of hydrogen-bond donors (Lipinski definition) is 1. The number of rotatable bonds is 8. The molecule has 1 N–H and O–H groups in total. The number of aromatic nitrogens is 1. The Hall–Kier alpha value is -3.21. The minimum absolute atomic E-state index is 0.127. The van der Waals surface area contributed by atoms with E-state index in [1.165, 1.54) is 7.11 Å². The summed E-state index contributed by atoms with van der Waals surface area (Å²) in [5.41, 5.74) is 5.36. The number of carbonyl (C=O) groups is 1. The van der Waals surface area contributed by atoms with Crippen LogP contribution in [0.1, 0.15) is 34.2 Å². The van der Waals surface area contributed by atoms with E-state index in [-0.39, 0.29) is 18.3 Å². The quantitative estimate of drug-likeness (QED) is 0.481. The van der Waals surface area contributed by atoms with Crippen molar-refractivity contribution < 1.29 is 14.3 Å². The van der Waals surface area contributed by atoms with Crippen molar-refractivity contribution in [2.45, 2.75) is 26.2 Å². The lowest BCUT2D eigenvalue weighted by atomic mass is 9.94. The maximum Gasteiger partial charge on any atom is 0.306 e. The van der Waals surface area contributed by atoms with Crippen molar-refractivity contribution in [3.63, 3.8) is 0 Å². The highest BCUT2D eigenvalue weighted by molar-refractivity contribution is 7.15. The van der Waals surface area contributed by atoms with Gasteiger partial charge < -0.3 is 14.8 Å². The minimum Gasteiger partial charge on any atom is -0.469 e. The van der Waals surface area contributed by atoms with E-state index in [0.717, 1.165) is 38.1 Å². The topological polar surface area (TPSA) is 84.2 Å². The first-order valence-corrected chi connectivity index (χ1v) is 10.7. The van der Waals surface area contributed by atoms with Crippen LogP contribution in [0.2, 0.25) is 0 Å². The van der Waals surface area contributed by atoms with Gasteiger partial charge in [0.2, 0.25) is 0 Å². The number of benzene rings is 2. The summed E-state index contributed by atoms with van der Waals surface area (Å²) in [6, 6.07) is 15.6. The van der Waals surface area contributed by atoms with Gasteiger partial charge in [0.05, 0.1) is 47.3 Å². The SMILES string of the molecule is COCC(CC(=O)OC)c1ccc(-c2sc(C)nc2C)c(Nc2ccc(C#N)cc2)c1. The summed E-state index contributed by atoms with van der Waals surface area (Å²) >= 11 is 1.64. The van der Waals surface area contributed by atoms with Gasteiger partial charge in [-0.3, -0.25) is 4.79 Å². The number of methoxy groups -OCH3 is 2. The summed E-state index contributed by atoms with van der Waals surface area (Å²) in [6.07, 6.45) is 0.235. The number of nitriles is 1. The Kier molecular flexibility index (Phi) is 7.40. The van der Waals surface area contributed by atoms with E-state index >= 15 is 0 Å². The number of hydrogen-bond acceptors (Lipinski definition) is 7. The van der Waals surface area contributed by atoms with Crippen LogP contribution in [-0.4, -0.2) is 31.8 Å². The Morgan fingerprint density at radius 2 is 1.94 bits per heavy atom. The Morgan fingerprint density at radius 3 is 2.52 bits per heavy atom. The van der Waals surface area contributed by atoms with Gasteiger partial charge in [-0.15, -0.1) is 11.3 Å². The fourth-order valence-corrected chi connectivity index (χ4v) is 4.40. The number of carbonyl (C=O) groups excluding carboxylic acids is 1. The molecule has 31 heavy (non-hydrogen) atoms. The van der Waals surface area contributed by atoms with Gasteiger partial charge in [-0.25, -0.2) is 4.98 Å². The molecule has 6 nitrogen and oxygen atoms in total. The number of anilines is 2. The number of nitrogens with one attached hydrogen (secondary N) is 1. The summed E-state index contributed by atoms with van der Waals surface area (Å²) in [6.45, 7) is 4.40. The molecule has 0 aliphatic rings. The molecule has 3 rings (SSSR count). The fourth-order valence-electron chi connectivity index (χ4n) is 3.44. The van der Waals surface area contributed by atoms with E-state index in [1.807, 2.05) is 32.0 Å². The molecular formula is C24H25N3O3S. The van der Waals surface area contributed by atoms with Crippen LogP contribution in [0.25, 0.3) is 10.4 Å². The van der Waals surface area contributed by atoms with Crippen molar-refractivity contribution in [1.29, 1.82) is 5.26 Å². The van der Waals surface area contributed by atoms with E-state index in [9.17, 15) is 4.79 Å². The van der Waals surface area contributed by atoms with Crippen LogP contribution in [0, 0.1) is 25.2 Å². The van der Waals surface area contributed by atoms with Gasteiger partial charge in [0.1, 0.15) is 0 Å². The average molecular weight is 436 g/mol. The summed E-state index contributed by atoms with van der Waals surface area (Å²) in [7, 11) is 3.01. The van der Waals surface area contributed by atoms with Gasteiger partial charge in [0.25, 0.3) is 0 Å². The van der Waals surface area contributed by atoms with Crippen LogP contribution in [0.4, 0.5) is 11.4 Å². The molecule has 7 heteroatoms. The van der Waals surface area contributed by atoms with Gasteiger partial charge >= 0.3 is 5.97 Å². The Labute approximate surface area is 186 Å². The van der Waals surface area contributed by atoms with E-state index in [2.05, 4.69) is 28.5 Å². The number of ether oxygens (including phenoxy) is 2. The van der Waals surface area contributed by atoms with Gasteiger partial charge in [-0.05, 0) is 49.7 Å². The van der Waals surface area contributed by atoms with Crippen molar-refractivity contribution in [3.05, 3.63) is 64.3 Å². The Bertz CT molecular complexity index is 1100. The predicted octanol–water partition coefficient (Wildman–Crippen LogP) is 5.34. The number of thiazole rings is 1. The largest absolute Gasteiger partial charge is 0.469 e. The molecule has 0 radical (unpaired) electrons. The number of nitrogens with zero attached hydrogens (tertiary/aromatic N) is 2. The zero-order valence-electron chi connectivity index (χ0n) is 18.1. The van der Waals surface area contributed by atoms with Crippen LogP contribution in [0.3, 0.4) is 0 Å². The van der Waals surface area contributed by atoms with E-state index in [4.69, 9.17) is 14.7 Å². The van der Waals surface area contributed by atoms with E-state index in [1.54, 1.807) is 30.6 Å². The molecule has 3 aromatic rings. The standard InChI is InChI=1S/C24H25N3O3S/c1-15-24(31-16(2)26-15)21-10-7-18(19(14-29-3)12-23(28)30-4)11-22(21)27-20-8-5-17(13-25)6-9-20/h5-11,19,27H,12,14H2,1-4H3. The molecule has 0 aliphatic heterocycles. The lowest BCUT2D eigenvalue weighted by Crippen LogP contribution is -2.13. The van der Waals surface area contributed by atoms with Gasteiger partial charge in [0.15, 0.2) is 0 Å². The van der Waals surface area contributed by atoms with E-state index < -0.39 is 0 Å². The summed E-state index contributed by atoms with van der Waals surface area (Å²) in [5, 5.41) is 13.5. The van der Waals surface area contributed by atoms with Gasteiger partial charge in [0, 0.05) is 30.0 Å². The normalized spacial score (nSPS) is 11.6. The van der Waals surface area contributed by atoms with Gasteiger partial charge in [-0.2, -0.15) is 5.26 Å². The monoisotopic (exact) mass is 435 g/mol. The fraction of sp³-hybridized carbons (Fsp3) is 0.292. The molecule has 1 heterocycles. The minimum atomic E-state index is -0.276. The molecule has 0 bridgehead atoms. The molecule has 2 aromatic carbocycles. The summed E-state index contributed by atoms with van der Waals surface area (Å²) in [5.74, 6) is -0.404. The average Bonchev–Trinajstić information content (AvgIpc) is 3.11. The highest BCUT2D eigenvalue weighted by Crippen LogP contribution is 2.38. The zero-order valence-corrected chi connectivity index (χ0v) is 18.9. The molecule has 0 aliphatic carbocycles. The smallest absolute Gasteiger partial charge is 0.306 e. The third-order valence-corrected chi connectivity index (χ3v) is 6.07. The highest BCUT2D eigenvalue weighted by Gasteiger charge is 2.20. The van der Waals surface area contributed by atoms with Crippen molar-refractivity contribution in [2.75, 3.05) is 26.1 Å². The Balaban J connectivity index is 2.05. The van der Waals surface area contributed by atoms with Crippen molar-refractivity contribution in [2.24, 2.45) is 0 Å². The van der Waals surface area contributed by atoms with Crippen molar-refractivity contribution in [3.8, 4) is 16.5 Å². The maximum atomic E-state index is 11.9. The third kappa shape index (κ3) is 5.48. The number of esters is 1. The molecule has 1 unspecified atom stereocenters. The number of aryl methyl sites for hydroxylation is 2. The first-order chi connectivity index (χ1) is 14.9. The molecule has 0 spiro atoms. The van der Waals surface area contributed by atoms with Crippen molar-refractivity contribution >= 4 is 28.7 Å². The molecule has 0 saturated heterocycles. The van der Waals surface area contributed by atoms with Crippen LogP contribution >= 0.6 is 11.3 Å². The lowest BCUT2D eigenvalue weighted by molar-refractivity contribution is -0.141. The maximum absolute atomic E-state index is 11.9.